The van der Waals surface area contributed by atoms with Crippen molar-refractivity contribution < 1.29 is 13.2 Å². The molecule has 1 aromatic carbocycles. The van der Waals surface area contributed by atoms with Crippen molar-refractivity contribution in [2.24, 2.45) is 5.84 Å². The van der Waals surface area contributed by atoms with Crippen LogP contribution in [0.5, 0.6) is 0 Å². The van der Waals surface area contributed by atoms with Crippen LogP contribution in [0.4, 0.5) is 18.3 Å². The van der Waals surface area contributed by atoms with E-state index in [2.05, 4.69) is 10.4 Å². The van der Waals surface area contributed by atoms with Crippen LogP contribution in [0.3, 0.4) is 0 Å². The third-order valence-electron chi connectivity index (χ3n) is 2.11. The third-order valence-corrected chi connectivity index (χ3v) is 2.89. The molecule has 17 heavy (non-hydrogen) atoms. The molecule has 0 amide bonds. The highest BCUT2D eigenvalue weighted by atomic mass is 32.1. The van der Waals surface area contributed by atoms with Crippen LogP contribution in [0.25, 0.3) is 11.3 Å². The standard InChI is InChI=1S/C10H8F3N3S/c11-10(12,13)7-3-1-2-6(4-7)8-5-17-9(15-8)16-14/h1-5H,14H2,(H,15,16). The number of benzene rings is 1. The number of halogens is 3. The molecule has 0 saturated carbocycles. The molecule has 90 valence electrons. The van der Waals surface area contributed by atoms with Crippen LogP contribution >= 0.6 is 11.3 Å². The summed E-state index contributed by atoms with van der Waals surface area (Å²) in [5, 5.41) is 2.10. The molecule has 0 spiro atoms. The second-order valence-electron chi connectivity index (χ2n) is 3.26. The van der Waals surface area contributed by atoms with E-state index in [1.165, 1.54) is 17.4 Å². The third kappa shape index (κ3) is 2.56. The molecule has 0 aliphatic carbocycles. The van der Waals surface area contributed by atoms with Crippen LogP contribution in [0.1, 0.15) is 5.56 Å². The normalized spacial score (nSPS) is 11.5. The van der Waals surface area contributed by atoms with Crippen molar-refractivity contribution >= 4 is 16.5 Å². The van der Waals surface area contributed by atoms with Gasteiger partial charge in [-0.05, 0) is 12.1 Å². The quantitative estimate of drug-likeness (QED) is 0.643. The van der Waals surface area contributed by atoms with Gasteiger partial charge in [0.1, 0.15) is 0 Å². The van der Waals surface area contributed by atoms with Crippen LogP contribution in [-0.2, 0) is 6.18 Å². The van der Waals surface area contributed by atoms with E-state index in [0.717, 1.165) is 12.1 Å². The number of aromatic nitrogens is 1. The van der Waals surface area contributed by atoms with Crippen molar-refractivity contribution in [2.75, 3.05) is 5.43 Å². The molecule has 0 aliphatic heterocycles. The minimum Gasteiger partial charge on any atom is -0.300 e. The molecule has 0 radical (unpaired) electrons. The van der Waals surface area contributed by atoms with Gasteiger partial charge in [-0.1, -0.05) is 12.1 Å². The van der Waals surface area contributed by atoms with E-state index in [0.29, 0.717) is 16.4 Å². The number of alkyl halides is 3. The van der Waals surface area contributed by atoms with Crippen molar-refractivity contribution in [3.8, 4) is 11.3 Å². The van der Waals surface area contributed by atoms with Gasteiger partial charge in [-0.2, -0.15) is 13.2 Å². The number of thiazole rings is 1. The summed E-state index contributed by atoms with van der Waals surface area (Å²) >= 11 is 1.23. The summed E-state index contributed by atoms with van der Waals surface area (Å²) in [7, 11) is 0. The van der Waals surface area contributed by atoms with Gasteiger partial charge in [-0.3, -0.25) is 5.43 Å². The van der Waals surface area contributed by atoms with Crippen molar-refractivity contribution in [1.29, 1.82) is 0 Å². The van der Waals surface area contributed by atoms with Gasteiger partial charge in [-0.15, -0.1) is 11.3 Å². The van der Waals surface area contributed by atoms with Crippen LogP contribution in [0, 0.1) is 0 Å². The Hall–Kier alpha value is -1.60. The lowest BCUT2D eigenvalue weighted by molar-refractivity contribution is -0.137. The average Bonchev–Trinajstić information content (AvgIpc) is 2.76. The molecule has 2 rings (SSSR count). The van der Waals surface area contributed by atoms with Gasteiger partial charge in [0.15, 0.2) is 5.13 Å². The molecule has 1 aromatic heterocycles. The number of nitrogen functional groups attached to an aromatic ring is 1. The second-order valence-corrected chi connectivity index (χ2v) is 4.12. The van der Waals surface area contributed by atoms with E-state index >= 15 is 0 Å². The first kappa shape index (κ1) is 11.9. The summed E-state index contributed by atoms with van der Waals surface area (Å²) in [5.74, 6) is 5.16. The Kier molecular flexibility index (Phi) is 3.03. The van der Waals surface area contributed by atoms with Crippen LogP contribution in [-0.4, -0.2) is 4.98 Å². The molecule has 0 unspecified atom stereocenters. The number of nitrogens with one attached hydrogen (secondary N) is 1. The van der Waals surface area contributed by atoms with Gasteiger partial charge < -0.3 is 0 Å². The average molecular weight is 259 g/mol. The summed E-state index contributed by atoms with van der Waals surface area (Å²) in [6.07, 6.45) is -4.35. The molecule has 0 aliphatic rings. The number of rotatable bonds is 2. The fourth-order valence-electron chi connectivity index (χ4n) is 1.33. The zero-order valence-corrected chi connectivity index (χ0v) is 9.27. The molecule has 3 N–H and O–H groups in total. The van der Waals surface area contributed by atoms with Crippen LogP contribution < -0.4 is 11.3 Å². The Morgan fingerprint density at radius 2 is 2.06 bits per heavy atom. The highest BCUT2D eigenvalue weighted by Crippen LogP contribution is 2.32. The maximum atomic E-state index is 12.5. The molecule has 2 aromatic rings. The van der Waals surface area contributed by atoms with Crippen LogP contribution in [0.2, 0.25) is 0 Å². The molecule has 7 heteroatoms. The molecular formula is C10H8F3N3S. The zero-order valence-electron chi connectivity index (χ0n) is 8.45. The van der Waals surface area contributed by atoms with Gasteiger partial charge in [0.25, 0.3) is 0 Å². The number of nitrogens with two attached hydrogens (primary N) is 1. The smallest absolute Gasteiger partial charge is 0.300 e. The molecule has 0 fully saturated rings. The monoisotopic (exact) mass is 259 g/mol. The maximum Gasteiger partial charge on any atom is 0.416 e. The van der Waals surface area contributed by atoms with E-state index in [9.17, 15) is 13.2 Å². The highest BCUT2D eigenvalue weighted by molar-refractivity contribution is 7.14. The fourth-order valence-corrected chi connectivity index (χ4v) is 1.96. The lowest BCUT2D eigenvalue weighted by atomic mass is 10.1. The number of hydrogen-bond donors (Lipinski definition) is 2. The summed E-state index contributed by atoms with van der Waals surface area (Å²) in [6, 6.07) is 5.02. The van der Waals surface area contributed by atoms with Gasteiger partial charge in [0.05, 0.1) is 11.3 Å². The number of nitrogens with zero attached hydrogens (tertiary/aromatic N) is 1. The SMILES string of the molecule is NNc1nc(-c2cccc(C(F)(F)F)c2)cs1. The number of hydrogen-bond acceptors (Lipinski definition) is 4. The van der Waals surface area contributed by atoms with E-state index < -0.39 is 11.7 Å². The fraction of sp³-hybridized carbons (Fsp3) is 0.100. The van der Waals surface area contributed by atoms with Crippen molar-refractivity contribution in [2.45, 2.75) is 6.18 Å². The summed E-state index contributed by atoms with van der Waals surface area (Å²) < 4.78 is 37.5. The topological polar surface area (TPSA) is 50.9 Å². The number of hydrazine groups is 1. The molecule has 1 heterocycles. The Morgan fingerprint density at radius 1 is 1.29 bits per heavy atom. The Labute approximate surface area is 99.1 Å². The minimum absolute atomic E-state index is 0.414. The van der Waals surface area contributed by atoms with Gasteiger partial charge >= 0.3 is 6.18 Å². The predicted octanol–water partition coefficient (Wildman–Crippen LogP) is 3.11. The Bertz CT molecular complexity index is 522. The largest absolute Gasteiger partial charge is 0.416 e. The van der Waals surface area contributed by atoms with Gasteiger partial charge in [0, 0.05) is 10.9 Å². The van der Waals surface area contributed by atoms with Gasteiger partial charge in [0.2, 0.25) is 0 Å². The van der Waals surface area contributed by atoms with E-state index in [-0.39, 0.29) is 0 Å². The first-order valence-corrected chi connectivity index (χ1v) is 5.48. The molecular weight excluding hydrogens is 251 g/mol. The Balaban J connectivity index is 2.39. The lowest BCUT2D eigenvalue weighted by Gasteiger charge is -2.07. The minimum atomic E-state index is -4.35. The molecule has 0 bridgehead atoms. The van der Waals surface area contributed by atoms with Crippen LogP contribution in [0.15, 0.2) is 29.6 Å². The first-order valence-electron chi connectivity index (χ1n) is 4.60. The predicted molar refractivity (Wildman–Crippen MR) is 60.4 cm³/mol. The number of anilines is 1. The molecule has 0 saturated heterocycles. The van der Waals surface area contributed by atoms with Crippen molar-refractivity contribution in [1.82, 2.24) is 4.98 Å². The summed E-state index contributed by atoms with van der Waals surface area (Å²) in [4.78, 5) is 4.04. The second kappa shape index (κ2) is 4.34. The van der Waals surface area contributed by atoms with Crippen molar-refractivity contribution in [3.63, 3.8) is 0 Å². The molecule has 3 nitrogen and oxygen atoms in total. The summed E-state index contributed by atoms with van der Waals surface area (Å²) in [5.41, 5.74) is 2.54. The Morgan fingerprint density at radius 3 is 2.65 bits per heavy atom. The molecule has 0 atom stereocenters. The van der Waals surface area contributed by atoms with Crippen molar-refractivity contribution in [3.05, 3.63) is 35.2 Å². The summed E-state index contributed by atoms with van der Waals surface area (Å²) in [6.45, 7) is 0. The maximum absolute atomic E-state index is 12.5. The van der Waals surface area contributed by atoms with E-state index in [4.69, 9.17) is 5.84 Å². The van der Waals surface area contributed by atoms with Gasteiger partial charge in [-0.25, -0.2) is 10.8 Å². The zero-order chi connectivity index (χ0) is 12.5. The first-order chi connectivity index (χ1) is 8.00. The van der Waals surface area contributed by atoms with E-state index in [1.807, 2.05) is 0 Å². The van der Waals surface area contributed by atoms with E-state index in [1.54, 1.807) is 11.4 Å². The highest BCUT2D eigenvalue weighted by Gasteiger charge is 2.30. The lowest BCUT2D eigenvalue weighted by Crippen LogP contribution is -2.06.